The largest absolute Gasteiger partial charge is 0.382 e. The second kappa shape index (κ2) is 5.31. The molecule has 102 valence electrons. The molecule has 8 heteroatoms. The topological polar surface area (TPSA) is 140 Å². The standard InChI is InChI=1S/C12H12N6O2/c1-6(19)7-2-4-8(5-3-7)17-18-9-10(13)15-12(14)16-11(9)20/h2-5H,1H3,(H5,13,14,15,16,20). The van der Waals surface area contributed by atoms with Crippen molar-refractivity contribution < 1.29 is 4.79 Å². The van der Waals surface area contributed by atoms with E-state index >= 15 is 0 Å². The molecule has 0 amide bonds. The highest BCUT2D eigenvalue weighted by Crippen LogP contribution is 2.19. The van der Waals surface area contributed by atoms with Crippen molar-refractivity contribution in [3.05, 3.63) is 40.2 Å². The Hall–Kier alpha value is -3.03. The van der Waals surface area contributed by atoms with E-state index in [1.165, 1.54) is 6.92 Å². The van der Waals surface area contributed by atoms with E-state index < -0.39 is 5.56 Å². The second-order valence-corrected chi connectivity index (χ2v) is 3.99. The molecule has 1 aromatic carbocycles. The maximum Gasteiger partial charge on any atom is 0.282 e. The number of nitrogens with two attached hydrogens (primary N) is 2. The molecule has 20 heavy (non-hydrogen) atoms. The first kappa shape index (κ1) is 13.4. The summed E-state index contributed by atoms with van der Waals surface area (Å²) in [5, 5.41) is 7.61. The van der Waals surface area contributed by atoms with Gasteiger partial charge in [0.25, 0.3) is 5.56 Å². The molecule has 0 bridgehead atoms. The number of rotatable bonds is 3. The number of azo groups is 1. The number of hydrogen-bond acceptors (Lipinski definition) is 7. The summed E-state index contributed by atoms with van der Waals surface area (Å²) in [4.78, 5) is 28.7. The highest BCUT2D eigenvalue weighted by atomic mass is 16.1. The van der Waals surface area contributed by atoms with Gasteiger partial charge in [0.2, 0.25) is 5.95 Å². The number of nitrogens with zero attached hydrogens (tertiary/aromatic N) is 3. The molecule has 5 N–H and O–H groups in total. The molecular formula is C12H12N6O2. The van der Waals surface area contributed by atoms with Gasteiger partial charge in [-0.2, -0.15) is 10.1 Å². The third kappa shape index (κ3) is 2.86. The van der Waals surface area contributed by atoms with Crippen LogP contribution in [0.3, 0.4) is 0 Å². The van der Waals surface area contributed by atoms with E-state index in [9.17, 15) is 9.59 Å². The van der Waals surface area contributed by atoms with Crippen LogP contribution in [0.1, 0.15) is 17.3 Å². The average Bonchev–Trinajstić information content (AvgIpc) is 2.38. The molecule has 0 unspecified atom stereocenters. The third-order valence-electron chi connectivity index (χ3n) is 2.48. The number of carbonyl (C=O) groups is 1. The second-order valence-electron chi connectivity index (χ2n) is 3.99. The number of H-pyrrole nitrogens is 1. The van der Waals surface area contributed by atoms with Gasteiger partial charge in [0, 0.05) is 5.56 Å². The summed E-state index contributed by atoms with van der Waals surface area (Å²) in [5.74, 6) is -0.232. The molecule has 2 rings (SSSR count). The number of nitrogens with one attached hydrogen (secondary N) is 1. The molecule has 0 aliphatic carbocycles. The van der Waals surface area contributed by atoms with Crippen LogP contribution < -0.4 is 17.0 Å². The van der Waals surface area contributed by atoms with E-state index in [-0.39, 0.29) is 23.2 Å². The Bertz CT molecular complexity index is 733. The zero-order valence-corrected chi connectivity index (χ0v) is 10.6. The van der Waals surface area contributed by atoms with Gasteiger partial charge in [0.05, 0.1) is 5.69 Å². The fourth-order valence-corrected chi connectivity index (χ4v) is 1.47. The Kier molecular flexibility index (Phi) is 3.56. The summed E-state index contributed by atoms with van der Waals surface area (Å²) in [6.45, 7) is 1.47. The molecule has 0 fully saturated rings. The van der Waals surface area contributed by atoms with Gasteiger partial charge in [0.15, 0.2) is 17.3 Å². The first-order valence-electron chi connectivity index (χ1n) is 5.65. The highest BCUT2D eigenvalue weighted by Gasteiger charge is 2.06. The summed E-state index contributed by atoms with van der Waals surface area (Å²) in [7, 11) is 0. The van der Waals surface area contributed by atoms with Crippen molar-refractivity contribution in [3.63, 3.8) is 0 Å². The number of ketones is 1. The summed E-state index contributed by atoms with van der Waals surface area (Å²) >= 11 is 0. The smallest absolute Gasteiger partial charge is 0.282 e. The molecular weight excluding hydrogens is 260 g/mol. The van der Waals surface area contributed by atoms with Crippen LogP contribution in [0.5, 0.6) is 0 Å². The van der Waals surface area contributed by atoms with Gasteiger partial charge in [-0.3, -0.25) is 14.6 Å². The molecule has 0 spiro atoms. The van der Waals surface area contributed by atoms with Gasteiger partial charge < -0.3 is 11.5 Å². The lowest BCUT2D eigenvalue weighted by atomic mass is 10.1. The van der Waals surface area contributed by atoms with Gasteiger partial charge in [-0.1, -0.05) is 0 Å². The van der Waals surface area contributed by atoms with Crippen molar-refractivity contribution in [2.24, 2.45) is 10.2 Å². The van der Waals surface area contributed by atoms with Crippen LogP contribution in [-0.4, -0.2) is 15.8 Å². The Labute approximate surface area is 113 Å². The summed E-state index contributed by atoms with van der Waals surface area (Å²) in [6.07, 6.45) is 0. The fourth-order valence-electron chi connectivity index (χ4n) is 1.47. The molecule has 2 aromatic rings. The van der Waals surface area contributed by atoms with Crippen LogP contribution in [0.4, 0.5) is 23.1 Å². The lowest BCUT2D eigenvalue weighted by molar-refractivity contribution is 0.101. The number of hydrogen-bond donors (Lipinski definition) is 3. The number of aromatic nitrogens is 2. The van der Waals surface area contributed by atoms with E-state index in [4.69, 9.17) is 11.5 Å². The van der Waals surface area contributed by atoms with Crippen LogP contribution in [0.2, 0.25) is 0 Å². The minimum atomic E-state index is -0.570. The Morgan fingerprint density at radius 2 is 1.85 bits per heavy atom. The van der Waals surface area contributed by atoms with Gasteiger partial charge in [0.1, 0.15) is 0 Å². The fraction of sp³-hybridized carbons (Fsp3) is 0.0833. The molecule has 0 saturated carbocycles. The first-order chi connectivity index (χ1) is 9.47. The van der Waals surface area contributed by atoms with Crippen molar-refractivity contribution in [1.82, 2.24) is 9.97 Å². The van der Waals surface area contributed by atoms with Crippen molar-refractivity contribution in [2.75, 3.05) is 11.5 Å². The number of nitrogen functional groups attached to an aromatic ring is 2. The monoisotopic (exact) mass is 272 g/mol. The molecule has 0 aliphatic heterocycles. The summed E-state index contributed by atoms with van der Waals surface area (Å²) in [6, 6.07) is 6.45. The number of anilines is 2. The summed E-state index contributed by atoms with van der Waals surface area (Å²) < 4.78 is 0. The third-order valence-corrected chi connectivity index (χ3v) is 2.48. The molecule has 8 nitrogen and oxygen atoms in total. The van der Waals surface area contributed by atoms with E-state index in [0.717, 1.165) is 0 Å². The van der Waals surface area contributed by atoms with Gasteiger partial charge in [-0.15, -0.1) is 5.11 Å². The average molecular weight is 272 g/mol. The number of Topliss-reactive ketones (excluding diaryl/α,β-unsaturated/α-hetero) is 1. The normalized spacial score (nSPS) is 10.8. The molecule has 0 atom stereocenters. The van der Waals surface area contributed by atoms with Crippen molar-refractivity contribution in [3.8, 4) is 0 Å². The SMILES string of the molecule is CC(=O)c1ccc(N=Nc2c(N)nc(N)[nH]c2=O)cc1. The van der Waals surface area contributed by atoms with Crippen molar-refractivity contribution in [1.29, 1.82) is 0 Å². The van der Waals surface area contributed by atoms with Crippen LogP contribution >= 0.6 is 0 Å². The molecule has 0 saturated heterocycles. The highest BCUT2D eigenvalue weighted by molar-refractivity contribution is 5.94. The van der Waals surface area contributed by atoms with Crippen LogP contribution in [-0.2, 0) is 0 Å². The van der Waals surface area contributed by atoms with Gasteiger partial charge in [-0.25, -0.2) is 0 Å². The van der Waals surface area contributed by atoms with Gasteiger partial charge >= 0.3 is 0 Å². The number of benzene rings is 1. The maximum absolute atomic E-state index is 11.6. The molecule has 0 radical (unpaired) electrons. The lowest BCUT2D eigenvalue weighted by Crippen LogP contribution is -2.12. The predicted octanol–water partition coefficient (Wildman–Crippen LogP) is 1.55. The molecule has 1 aromatic heterocycles. The predicted molar refractivity (Wildman–Crippen MR) is 74.3 cm³/mol. The van der Waals surface area contributed by atoms with Crippen LogP contribution in [0, 0.1) is 0 Å². The lowest BCUT2D eigenvalue weighted by Gasteiger charge is -1.99. The van der Waals surface area contributed by atoms with E-state index in [1.807, 2.05) is 0 Å². The molecule has 0 aliphatic rings. The van der Waals surface area contributed by atoms with Crippen LogP contribution in [0.25, 0.3) is 0 Å². The maximum atomic E-state index is 11.6. The zero-order valence-electron chi connectivity index (χ0n) is 10.6. The van der Waals surface area contributed by atoms with Crippen molar-refractivity contribution in [2.45, 2.75) is 6.92 Å². The molecule has 1 heterocycles. The Balaban J connectivity index is 2.30. The van der Waals surface area contributed by atoms with Crippen molar-refractivity contribution >= 4 is 28.9 Å². The number of carbonyl (C=O) groups excluding carboxylic acids is 1. The number of aromatic amines is 1. The summed E-state index contributed by atoms with van der Waals surface area (Å²) in [5.41, 5.74) is 11.2. The van der Waals surface area contributed by atoms with E-state index in [0.29, 0.717) is 11.3 Å². The Morgan fingerprint density at radius 3 is 2.40 bits per heavy atom. The van der Waals surface area contributed by atoms with E-state index in [1.54, 1.807) is 24.3 Å². The minimum Gasteiger partial charge on any atom is -0.382 e. The zero-order chi connectivity index (χ0) is 14.7. The van der Waals surface area contributed by atoms with Gasteiger partial charge in [-0.05, 0) is 31.2 Å². The Morgan fingerprint density at radius 1 is 1.20 bits per heavy atom. The van der Waals surface area contributed by atoms with Crippen LogP contribution in [0.15, 0.2) is 39.3 Å². The quantitative estimate of drug-likeness (QED) is 0.574. The first-order valence-corrected chi connectivity index (χ1v) is 5.65. The van der Waals surface area contributed by atoms with E-state index in [2.05, 4.69) is 20.2 Å². The minimum absolute atomic E-state index is 0.0445.